The fraction of sp³-hybridized carbons (Fsp3) is 0.682. The minimum absolute atomic E-state index is 0.234. The predicted octanol–water partition coefficient (Wildman–Crippen LogP) is 12.9. The summed E-state index contributed by atoms with van der Waals surface area (Å²) in [7, 11) is 0. The fourth-order valence-corrected chi connectivity index (χ4v) is 17.0. The van der Waals surface area contributed by atoms with Crippen molar-refractivity contribution in [1.29, 1.82) is 0 Å². The summed E-state index contributed by atoms with van der Waals surface area (Å²) >= 11 is 4.93. The van der Waals surface area contributed by atoms with Crippen LogP contribution in [-0.4, -0.2) is 42.6 Å². The predicted molar refractivity (Wildman–Crippen MR) is 226 cm³/mol. The Morgan fingerprint density at radius 2 is 0.784 bits per heavy atom. The molecule has 0 radical (unpaired) electrons. The molecule has 0 aromatic heterocycles. The Kier molecular flexibility index (Phi) is 27.3. The van der Waals surface area contributed by atoms with Crippen LogP contribution in [0.4, 0.5) is 0 Å². The van der Waals surface area contributed by atoms with E-state index in [1.165, 1.54) is 103 Å². The second-order valence-electron chi connectivity index (χ2n) is 14.8. The van der Waals surface area contributed by atoms with E-state index in [0.717, 1.165) is 45.7 Å². The van der Waals surface area contributed by atoms with E-state index in [0.29, 0.717) is 24.3 Å². The van der Waals surface area contributed by atoms with Gasteiger partial charge in [0.1, 0.15) is 0 Å². The van der Waals surface area contributed by atoms with Crippen LogP contribution in [0.25, 0.3) is 0 Å². The second-order valence-corrected chi connectivity index (χ2v) is 24.7. The molecule has 0 N–H and O–H groups in total. The number of hydrogen-bond acceptors (Lipinski definition) is 6. The van der Waals surface area contributed by atoms with E-state index in [1.807, 2.05) is 36.4 Å². The van der Waals surface area contributed by atoms with E-state index >= 15 is 0 Å². The Bertz CT molecular complexity index is 1040. The van der Waals surface area contributed by atoms with Gasteiger partial charge in [-0.2, -0.15) is 0 Å². The number of thiol groups is 2. The first-order valence-electron chi connectivity index (χ1n) is 20.7. The molecule has 0 heterocycles. The quantitative estimate of drug-likeness (QED) is 0.0438. The molecule has 0 bridgehead atoms. The summed E-state index contributed by atoms with van der Waals surface area (Å²) in [6, 6.07) is 20.2. The number of hydrogen-bond donors (Lipinski definition) is 2. The van der Waals surface area contributed by atoms with Gasteiger partial charge in [0.25, 0.3) is 0 Å². The van der Waals surface area contributed by atoms with Gasteiger partial charge in [0.05, 0.1) is 0 Å². The van der Waals surface area contributed by atoms with E-state index in [1.54, 1.807) is 0 Å². The Labute approximate surface area is 329 Å². The fourth-order valence-electron chi connectivity index (χ4n) is 6.89. The first-order valence-corrected chi connectivity index (χ1v) is 28.3. The summed E-state index contributed by atoms with van der Waals surface area (Å²) in [5.41, 5.74) is 2.18. The minimum atomic E-state index is -4.27. The second kappa shape index (κ2) is 30.2. The van der Waals surface area contributed by atoms with Crippen LogP contribution in [0.1, 0.15) is 153 Å². The zero-order valence-electron chi connectivity index (χ0n) is 32.3. The van der Waals surface area contributed by atoms with Gasteiger partial charge in [0.2, 0.25) is 0 Å². The third kappa shape index (κ3) is 21.4. The van der Waals surface area contributed by atoms with Gasteiger partial charge < -0.3 is 0 Å². The molecular weight excluding hydrogens is 775 g/mol. The van der Waals surface area contributed by atoms with Gasteiger partial charge in [0.15, 0.2) is 0 Å². The Hall–Kier alpha value is -1.12. The molecule has 0 aliphatic heterocycles. The normalized spacial score (nSPS) is 12.8. The van der Waals surface area contributed by atoms with Crippen molar-refractivity contribution in [2.45, 2.75) is 164 Å². The van der Waals surface area contributed by atoms with Crippen LogP contribution in [0.15, 0.2) is 60.7 Å². The summed E-state index contributed by atoms with van der Waals surface area (Å²) in [6.07, 6.45) is 25.8. The summed E-state index contributed by atoms with van der Waals surface area (Å²) in [6.45, 7) is 4.53. The number of carbonyl (C=O) groups is 2. The van der Waals surface area contributed by atoms with Crippen molar-refractivity contribution >= 4 is 56.4 Å². The molecule has 0 spiro atoms. The molecule has 2 atom stereocenters. The van der Waals surface area contributed by atoms with Gasteiger partial charge >= 0.3 is 331 Å². The molecule has 0 saturated carbocycles. The van der Waals surface area contributed by atoms with E-state index in [-0.39, 0.29) is 23.8 Å². The molecule has 0 aliphatic rings. The topological polar surface area (TPSA) is 52.6 Å². The zero-order valence-corrected chi connectivity index (χ0v) is 37.0. The van der Waals surface area contributed by atoms with E-state index in [4.69, 9.17) is 6.15 Å². The first-order chi connectivity index (χ1) is 25.0. The Morgan fingerprint density at radius 3 is 1.08 bits per heavy atom. The van der Waals surface area contributed by atoms with Crippen molar-refractivity contribution in [2.24, 2.45) is 11.8 Å². The van der Waals surface area contributed by atoms with Crippen molar-refractivity contribution in [3.8, 4) is 0 Å². The monoisotopic (exact) mass is 848 g/mol. The molecule has 288 valence electrons. The molecule has 2 rings (SSSR count). The van der Waals surface area contributed by atoms with Crippen molar-refractivity contribution in [1.82, 2.24) is 0 Å². The molecule has 2 unspecified atom stereocenters. The summed E-state index contributed by atoms with van der Waals surface area (Å²) in [4.78, 5) is 28.1. The molecule has 4 nitrogen and oxygen atoms in total. The van der Waals surface area contributed by atoms with Crippen LogP contribution >= 0.6 is 25.3 Å². The van der Waals surface area contributed by atoms with Crippen LogP contribution in [0.3, 0.4) is 0 Å². The van der Waals surface area contributed by atoms with E-state index < -0.39 is 19.2 Å². The summed E-state index contributed by atoms with van der Waals surface area (Å²) < 4.78 is 14.9. The summed E-state index contributed by atoms with van der Waals surface area (Å²) in [5.74, 6) is -0.433. The number of benzene rings is 2. The van der Waals surface area contributed by atoms with Crippen LogP contribution in [0.2, 0.25) is 8.87 Å². The van der Waals surface area contributed by atoms with Gasteiger partial charge in [-0.3, -0.25) is 0 Å². The van der Waals surface area contributed by atoms with Gasteiger partial charge in [0, 0.05) is 0 Å². The van der Waals surface area contributed by atoms with Gasteiger partial charge in [-0.25, -0.2) is 0 Å². The molecule has 0 fully saturated rings. The first kappa shape index (κ1) is 46.0. The maximum absolute atomic E-state index is 14.0. The summed E-state index contributed by atoms with van der Waals surface area (Å²) in [5, 5.41) is 0. The zero-order chi connectivity index (χ0) is 36.8. The van der Waals surface area contributed by atoms with Crippen molar-refractivity contribution in [3.05, 3.63) is 71.8 Å². The average molecular weight is 848 g/mol. The third-order valence-corrected chi connectivity index (χ3v) is 20.7. The molecule has 0 aliphatic carbocycles. The van der Waals surface area contributed by atoms with Crippen molar-refractivity contribution < 1.29 is 15.7 Å². The Morgan fingerprint density at radius 1 is 0.490 bits per heavy atom. The maximum atomic E-state index is 14.0. The van der Waals surface area contributed by atoms with E-state index in [2.05, 4.69) is 63.4 Å². The van der Waals surface area contributed by atoms with Crippen molar-refractivity contribution in [3.63, 3.8) is 0 Å². The van der Waals surface area contributed by atoms with Gasteiger partial charge in [-0.05, 0) is 0 Å². The third-order valence-electron chi connectivity index (χ3n) is 10.2. The molecule has 0 saturated heterocycles. The molecule has 7 heteroatoms. The standard InChI is InChI=1S/2C12H25.2C10H12O2S.Sn/c2*1-3-5-7-9-11-12-10-8-6-4-2;2*11-10(12)9(7-13)6-8-4-2-1-3-5-8;/h2*1,3-12H2,2H3;2*1-5,9,13H,6-7H2,(H,11,12);/q;;;;+2/p-2. The van der Waals surface area contributed by atoms with Gasteiger partial charge in [-0.1, -0.05) is 0 Å². The molecular formula is C44H72O4S2Sn. The number of unbranched alkanes of at least 4 members (excludes halogenated alkanes) is 18. The Balaban J connectivity index is 2.18. The van der Waals surface area contributed by atoms with Crippen LogP contribution in [0, 0.1) is 11.8 Å². The van der Waals surface area contributed by atoms with Crippen molar-refractivity contribution in [2.75, 3.05) is 11.5 Å². The van der Waals surface area contributed by atoms with Crippen LogP contribution in [0.5, 0.6) is 0 Å². The number of rotatable bonds is 32. The SMILES string of the molecule is CCCCCCCCCCC[CH2][Sn]([CH2]CCCCCCCCCCC)([O]C(=O)C(CS)Cc1ccccc1)[O]C(=O)C(CS)Cc1ccccc1. The molecule has 51 heavy (non-hydrogen) atoms. The molecule has 0 amide bonds. The van der Waals surface area contributed by atoms with Crippen LogP contribution in [-0.2, 0) is 28.6 Å². The molecule has 2 aromatic carbocycles. The van der Waals surface area contributed by atoms with E-state index in [9.17, 15) is 9.59 Å². The van der Waals surface area contributed by atoms with Crippen LogP contribution < -0.4 is 0 Å². The number of carbonyl (C=O) groups excluding carboxylic acids is 2. The average Bonchev–Trinajstić information content (AvgIpc) is 3.15. The van der Waals surface area contributed by atoms with Gasteiger partial charge in [-0.15, -0.1) is 0 Å². The molecule has 2 aromatic rings.